The molecule has 0 bridgehead atoms. The zero-order chi connectivity index (χ0) is 12.1. The molecular weight excluding hydrogens is 200 g/mol. The third kappa shape index (κ3) is 2.97. The summed E-state index contributed by atoms with van der Waals surface area (Å²) in [7, 11) is 0. The lowest BCUT2D eigenvalue weighted by Gasteiger charge is -2.29. The van der Waals surface area contributed by atoms with E-state index in [0.29, 0.717) is 17.9 Å². The largest absolute Gasteiger partial charge is 0.325 e. The quantitative estimate of drug-likeness (QED) is 0.754. The molecule has 0 radical (unpaired) electrons. The van der Waals surface area contributed by atoms with Gasteiger partial charge in [-0.1, -0.05) is 40.5 Å². The first-order valence-electron chi connectivity index (χ1n) is 6.65. The molecule has 1 amide bonds. The van der Waals surface area contributed by atoms with Gasteiger partial charge in [0.1, 0.15) is 0 Å². The second kappa shape index (κ2) is 6.24. The predicted octanol–water partition coefficient (Wildman–Crippen LogP) is 2.37. The Balaban J connectivity index is 2.55. The van der Waals surface area contributed by atoms with Crippen molar-refractivity contribution in [2.45, 2.75) is 65.5 Å². The van der Waals surface area contributed by atoms with Gasteiger partial charge in [-0.05, 0) is 18.8 Å². The lowest BCUT2D eigenvalue weighted by molar-refractivity contribution is -0.131. The van der Waals surface area contributed by atoms with Crippen molar-refractivity contribution >= 4 is 5.91 Å². The van der Waals surface area contributed by atoms with Crippen LogP contribution in [-0.2, 0) is 4.79 Å². The van der Waals surface area contributed by atoms with Gasteiger partial charge in [0.2, 0.25) is 5.91 Å². The summed E-state index contributed by atoms with van der Waals surface area (Å²) in [6, 6.07) is 0.472. The standard InChI is InChI=1S/C13H26N2O/c1-5-7-8-11-13(16)15(9-14-11)12(6-2)10(3)4/h10-12,14H,5-9H2,1-4H3. The summed E-state index contributed by atoms with van der Waals surface area (Å²) in [6.45, 7) is 9.46. The molecule has 1 fully saturated rings. The molecule has 1 rings (SSSR count). The van der Waals surface area contributed by atoms with Crippen molar-refractivity contribution in [2.75, 3.05) is 6.67 Å². The van der Waals surface area contributed by atoms with Crippen LogP contribution in [0.5, 0.6) is 0 Å². The molecule has 1 heterocycles. The van der Waals surface area contributed by atoms with Crippen molar-refractivity contribution in [1.82, 2.24) is 10.2 Å². The van der Waals surface area contributed by atoms with Crippen LogP contribution in [-0.4, -0.2) is 29.6 Å². The van der Waals surface area contributed by atoms with Crippen LogP contribution in [0.3, 0.4) is 0 Å². The van der Waals surface area contributed by atoms with Gasteiger partial charge in [0.25, 0.3) is 0 Å². The van der Waals surface area contributed by atoms with E-state index in [9.17, 15) is 4.79 Å². The van der Waals surface area contributed by atoms with Gasteiger partial charge in [-0.3, -0.25) is 10.1 Å². The monoisotopic (exact) mass is 226 g/mol. The molecule has 0 spiro atoms. The molecule has 2 unspecified atom stereocenters. The molecule has 94 valence electrons. The molecule has 16 heavy (non-hydrogen) atoms. The molecule has 0 aromatic carbocycles. The first-order valence-corrected chi connectivity index (χ1v) is 6.65. The number of hydrogen-bond donors (Lipinski definition) is 1. The van der Waals surface area contributed by atoms with E-state index in [-0.39, 0.29) is 6.04 Å². The molecule has 0 aromatic rings. The summed E-state index contributed by atoms with van der Waals surface area (Å²) in [5.74, 6) is 0.856. The second-order valence-electron chi connectivity index (χ2n) is 5.08. The van der Waals surface area contributed by atoms with E-state index in [2.05, 4.69) is 33.0 Å². The number of carbonyl (C=O) groups is 1. The molecule has 3 nitrogen and oxygen atoms in total. The molecule has 1 N–H and O–H groups in total. The van der Waals surface area contributed by atoms with Crippen LogP contribution >= 0.6 is 0 Å². The van der Waals surface area contributed by atoms with Gasteiger partial charge in [-0.2, -0.15) is 0 Å². The highest BCUT2D eigenvalue weighted by Crippen LogP contribution is 2.20. The molecule has 1 saturated heterocycles. The van der Waals surface area contributed by atoms with E-state index in [1.165, 1.54) is 0 Å². The molecule has 0 aromatic heterocycles. The third-order valence-corrected chi connectivity index (χ3v) is 3.52. The first kappa shape index (κ1) is 13.5. The number of unbranched alkanes of at least 4 members (excludes halogenated alkanes) is 1. The number of nitrogens with one attached hydrogen (secondary N) is 1. The topological polar surface area (TPSA) is 32.3 Å². The Labute approximate surface area is 99.6 Å². The van der Waals surface area contributed by atoms with Gasteiger partial charge >= 0.3 is 0 Å². The molecule has 0 saturated carbocycles. The number of rotatable bonds is 6. The van der Waals surface area contributed by atoms with Gasteiger partial charge in [0.05, 0.1) is 12.7 Å². The molecular formula is C13H26N2O. The minimum atomic E-state index is 0.0766. The molecule has 2 atom stereocenters. The fourth-order valence-corrected chi connectivity index (χ4v) is 2.54. The maximum absolute atomic E-state index is 12.2. The Morgan fingerprint density at radius 2 is 2.12 bits per heavy atom. The predicted molar refractivity (Wildman–Crippen MR) is 67.1 cm³/mol. The minimum Gasteiger partial charge on any atom is -0.325 e. The van der Waals surface area contributed by atoms with Gasteiger partial charge < -0.3 is 4.90 Å². The second-order valence-corrected chi connectivity index (χ2v) is 5.08. The fourth-order valence-electron chi connectivity index (χ4n) is 2.54. The molecule has 3 heteroatoms. The Hall–Kier alpha value is -0.570. The molecule has 1 aliphatic rings. The Morgan fingerprint density at radius 3 is 2.62 bits per heavy atom. The maximum atomic E-state index is 12.2. The van der Waals surface area contributed by atoms with Crippen LogP contribution in [0.15, 0.2) is 0 Å². The normalized spacial score (nSPS) is 23.2. The zero-order valence-corrected chi connectivity index (χ0v) is 11.1. The van der Waals surface area contributed by atoms with E-state index in [4.69, 9.17) is 0 Å². The third-order valence-electron chi connectivity index (χ3n) is 3.52. The van der Waals surface area contributed by atoms with Crippen molar-refractivity contribution in [3.63, 3.8) is 0 Å². The van der Waals surface area contributed by atoms with E-state index in [0.717, 1.165) is 32.4 Å². The number of carbonyl (C=O) groups excluding carboxylic acids is 1. The summed E-state index contributed by atoms with van der Waals surface area (Å²) < 4.78 is 0. The van der Waals surface area contributed by atoms with E-state index in [1.807, 2.05) is 4.90 Å². The minimum absolute atomic E-state index is 0.0766. The van der Waals surface area contributed by atoms with Crippen LogP contribution < -0.4 is 5.32 Å². The average molecular weight is 226 g/mol. The number of nitrogens with zero attached hydrogens (tertiary/aromatic N) is 1. The van der Waals surface area contributed by atoms with Crippen LogP contribution in [0, 0.1) is 5.92 Å². The summed E-state index contributed by atoms with van der Waals surface area (Å²) in [5.41, 5.74) is 0. The van der Waals surface area contributed by atoms with Crippen LogP contribution in [0.1, 0.15) is 53.4 Å². The summed E-state index contributed by atoms with van der Waals surface area (Å²) in [6.07, 6.45) is 4.33. The Kier molecular flexibility index (Phi) is 5.26. The van der Waals surface area contributed by atoms with E-state index < -0.39 is 0 Å². The van der Waals surface area contributed by atoms with Gasteiger partial charge in [-0.15, -0.1) is 0 Å². The van der Waals surface area contributed by atoms with Crippen LogP contribution in [0.4, 0.5) is 0 Å². The highest BCUT2D eigenvalue weighted by Gasteiger charge is 2.35. The van der Waals surface area contributed by atoms with Gasteiger partial charge in [-0.25, -0.2) is 0 Å². The zero-order valence-electron chi connectivity index (χ0n) is 11.1. The van der Waals surface area contributed by atoms with E-state index in [1.54, 1.807) is 0 Å². The van der Waals surface area contributed by atoms with Crippen molar-refractivity contribution < 1.29 is 4.79 Å². The van der Waals surface area contributed by atoms with Crippen LogP contribution in [0.2, 0.25) is 0 Å². The van der Waals surface area contributed by atoms with Crippen molar-refractivity contribution in [3.05, 3.63) is 0 Å². The fraction of sp³-hybridized carbons (Fsp3) is 0.923. The lowest BCUT2D eigenvalue weighted by Crippen LogP contribution is -2.41. The van der Waals surface area contributed by atoms with Crippen LogP contribution in [0.25, 0.3) is 0 Å². The molecule has 1 aliphatic heterocycles. The van der Waals surface area contributed by atoms with Crippen molar-refractivity contribution in [3.8, 4) is 0 Å². The average Bonchev–Trinajstić information content (AvgIpc) is 2.59. The SMILES string of the molecule is CCCCC1NCN(C(CC)C(C)C)C1=O. The van der Waals surface area contributed by atoms with Crippen molar-refractivity contribution in [1.29, 1.82) is 0 Å². The van der Waals surface area contributed by atoms with Crippen molar-refractivity contribution in [2.24, 2.45) is 5.92 Å². The highest BCUT2D eigenvalue weighted by atomic mass is 16.2. The lowest BCUT2D eigenvalue weighted by atomic mass is 10.00. The summed E-state index contributed by atoms with van der Waals surface area (Å²) in [4.78, 5) is 14.2. The van der Waals surface area contributed by atoms with E-state index >= 15 is 0 Å². The Bertz CT molecular complexity index is 228. The number of hydrogen-bond acceptors (Lipinski definition) is 2. The first-order chi connectivity index (χ1) is 7.61. The smallest absolute Gasteiger partial charge is 0.241 e. The number of amides is 1. The van der Waals surface area contributed by atoms with Gasteiger partial charge in [0, 0.05) is 6.04 Å². The summed E-state index contributed by atoms with van der Waals surface area (Å²) >= 11 is 0. The van der Waals surface area contributed by atoms with Gasteiger partial charge in [0.15, 0.2) is 0 Å². The summed E-state index contributed by atoms with van der Waals surface area (Å²) in [5, 5.41) is 3.34. The highest BCUT2D eigenvalue weighted by molar-refractivity contribution is 5.84. The molecule has 0 aliphatic carbocycles. The maximum Gasteiger partial charge on any atom is 0.241 e. The Morgan fingerprint density at radius 1 is 1.44 bits per heavy atom.